The second-order valence-electron chi connectivity index (χ2n) is 2.00. The second kappa shape index (κ2) is 6.29. The van der Waals surface area contributed by atoms with Crippen LogP contribution in [0, 0.1) is 0 Å². The molecule has 0 fully saturated rings. The van der Waals surface area contributed by atoms with Gasteiger partial charge in [-0.3, -0.25) is 4.79 Å². The Hall–Kier alpha value is -0.830. The fourth-order valence-corrected chi connectivity index (χ4v) is 0.564. The quantitative estimate of drug-likeness (QED) is 0.420. The van der Waals surface area contributed by atoms with Crippen molar-refractivity contribution in [2.45, 2.75) is 13.3 Å². The molecular formula is C7H14N2O. The summed E-state index contributed by atoms with van der Waals surface area (Å²) in [6, 6.07) is 0. The Kier molecular flexibility index (Phi) is 5.77. The van der Waals surface area contributed by atoms with Gasteiger partial charge < -0.3 is 11.1 Å². The Morgan fingerprint density at radius 1 is 1.70 bits per heavy atom. The van der Waals surface area contributed by atoms with Crippen LogP contribution in [0.15, 0.2) is 12.2 Å². The van der Waals surface area contributed by atoms with E-state index < -0.39 is 0 Å². The van der Waals surface area contributed by atoms with Gasteiger partial charge in [0.25, 0.3) is 0 Å². The molecule has 10 heavy (non-hydrogen) atoms. The maximum Gasteiger partial charge on any atom is 0.231 e. The van der Waals surface area contributed by atoms with E-state index in [1.54, 1.807) is 0 Å². The summed E-state index contributed by atoms with van der Waals surface area (Å²) in [4.78, 5) is 10.2. The Bertz CT molecular complexity index is 121. The minimum atomic E-state index is -0.305. The number of carbonyl (C=O) groups is 1. The van der Waals surface area contributed by atoms with E-state index in [0.29, 0.717) is 0 Å². The maximum atomic E-state index is 10.2. The van der Waals surface area contributed by atoms with E-state index in [9.17, 15) is 4.79 Å². The second-order valence-corrected chi connectivity index (χ2v) is 2.00. The Labute approximate surface area is 61.3 Å². The molecule has 0 aromatic heterocycles. The lowest BCUT2D eigenvalue weighted by atomic mass is 10.4. The highest BCUT2D eigenvalue weighted by atomic mass is 16.1. The molecule has 0 spiro atoms. The zero-order chi connectivity index (χ0) is 7.82. The maximum absolute atomic E-state index is 10.2. The molecule has 0 aliphatic heterocycles. The summed E-state index contributed by atoms with van der Waals surface area (Å²) < 4.78 is 0. The molecule has 1 amide bonds. The summed E-state index contributed by atoms with van der Waals surface area (Å²) in [6.45, 7) is 3.05. The van der Waals surface area contributed by atoms with Crippen LogP contribution in [0.1, 0.15) is 13.3 Å². The minimum Gasteiger partial charge on any atom is -0.369 e. The average molecular weight is 142 g/mol. The van der Waals surface area contributed by atoms with Gasteiger partial charge in [0.1, 0.15) is 0 Å². The summed E-state index contributed by atoms with van der Waals surface area (Å²) in [6.07, 6.45) is 4.96. The van der Waals surface area contributed by atoms with Crippen molar-refractivity contribution in [3.05, 3.63) is 12.2 Å². The number of hydrogen-bond acceptors (Lipinski definition) is 2. The molecule has 0 saturated heterocycles. The zero-order valence-electron chi connectivity index (χ0n) is 6.26. The molecular weight excluding hydrogens is 128 g/mol. The van der Waals surface area contributed by atoms with E-state index in [4.69, 9.17) is 5.73 Å². The van der Waals surface area contributed by atoms with Crippen molar-refractivity contribution in [3.8, 4) is 0 Å². The molecule has 0 aliphatic rings. The lowest BCUT2D eigenvalue weighted by Gasteiger charge is -1.96. The van der Waals surface area contributed by atoms with Crippen LogP contribution in [0.25, 0.3) is 0 Å². The highest BCUT2D eigenvalue weighted by molar-refractivity contribution is 5.75. The van der Waals surface area contributed by atoms with Crippen LogP contribution >= 0.6 is 0 Å². The van der Waals surface area contributed by atoms with E-state index in [-0.39, 0.29) is 12.5 Å². The smallest absolute Gasteiger partial charge is 0.231 e. The number of amides is 1. The fourth-order valence-electron chi connectivity index (χ4n) is 0.564. The number of allylic oxidation sites excluding steroid dienone is 1. The van der Waals surface area contributed by atoms with E-state index >= 15 is 0 Å². The summed E-state index contributed by atoms with van der Waals surface area (Å²) in [5, 5.41) is 2.89. The number of nitrogens with one attached hydrogen (secondary N) is 1. The van der Waals surface area contributed by atoms with Crippen LogP contribution in [-0.2, 0) is 4.79 Å². The number of primary amides is 1. The highest BCUT2D eigenvalue weighted by Gasteiger charge is 1.89. The van der Waals surface area contributed by atoms with Crippen LogP contribution < -0.4 is 11.1 Å². The monoisotopic (exact) mass is 142 g/mol. The molecule has 3 nitrogen and oxygen atoms in total. The third-order valence-corrected chi connectivity index (χ3v) is 1.02. The van der Waals surface area contributed by atoms with Crippen molar-refractivity contribution < 1.29 is 4.79 Å². The molecule has 0 aromatic rings. The first-order valence-corrected chi connectivity index (χ1v) is 3.37. The lowest BCUT2D eigenvalue weighted by Crippen LogP contribution is -2.28. The number of rotatable bonds is 5. The van der Waals surface area contributed by atoms with E-state index in [2.05, 4.69) is 5.32 Å². The fraction of sp³-hybridized carbons (Fsp3) is 0.571. The lowest BCUT2D eigenvalue weighted by molar-refractivity contribution is -0.117. The number of carbonyl (C=O) groups excluding carboxylic acids is 1. The van der Waals surface area contributed by atoms with Gasteiger partial charge in [-0.25, -0.2) is 0 Å². The van der Waals surface area contributed by atoms with E-state index in [1.165, 1.54) is 0 Å². The molecule has 0 bridgehead atoms. The van der Waals surface area contributed by atoms with Crippen molar-refractivity contribution >= 4 is 5.91 Å². The van der Waals surface area contributed by atoms with Crippen molar-refractivity contribution in [1.82, 2.24) is 5.32 Å². The van der Waals surface area contributed by atoms with E-state index in [0.717, 1.165) is 13.0 Å². The van der Waals surface area contributed by atoms with Gasteiger partial charge in [0, 0.05) is 0 Å². The summed E-state index contributed by atoms with van der Waals surface area (Å²) in [5.41, 5.74) is 4.89. The predicted octanol–water partition coefficient (Wildman–Crippen LogP) is 0.0275. The van der Waals surface area contributed by atoms with Crippen molar-refractivity contribution in [2.24, 2.45) is 5.73 Å². The normalized spacial score (nSPS) is 10.5. The van der Waals surface area contributed by atoms with Crippen molar-refractivity contribution in [2.75, 3.05) is 13.1 Å². The van der Waals surface area contributed by atoms with Gasteiger partial charge >= 0.3 is 0 Å². The van der Waals surface area contributed by atoms with Gasteiger partial charge in [-0.1, -0.05) is 12.2 Å². The first-order valence-electron chi connectivity index (χ1n) is 3.37. The Morgan fingerprint density at radius 3 is 2.90 bits per heavy atom. The summed E-state index contributed by atoms with van der Waals surface area (Å²) >= 11 is 0. The molecule has 0 aliphatic carbocycles. The highest BCUT2D eigenvalue weighted by Crippen LogP contribution is 1.77. The predicted molar refractivity (Wildman–Crippen MR) is 41.5 cm³/mol. The van der Waals surface area contributed by atoms with Crippen LogP contribution in [-0.4, -0.2) is 19.0 Å². The Balaban J connectivity index is 2.98. The summed E-state index contributed by atoms with van der Waals surface area (Å²) in [7, 11) is 0. The standard InChI is InChI=1S/C7H14N2O/c1-2-3-4-5-9-6-7(8)10/h2-3,9H,4-6H2,1H3,(H2,8,10)/b3-2+. The third-order valence-electron chi connectivity index (χ3n) is 1.02. The molecule has 58 valence electrons. The van der Waals surface area contributed by atoms with Gasteiger partial charge in [-0.05, 0) is 19.9 Å². The topological polar surface area (TPSA) is 55.1 Å². The molecule has 0 aromatic carbocycles. The third kappa shape index (κ3) is 7.17. The largest absolute Gasteiger partial charge is 0.369 e. The van der Waals surface area contributed by atoms with Crippen LogP contribution in [0.5, 0.6) is 0 Å². The SMILES string of the molecule is C/C=C/CCNCC(N)=O. The molecule has 0 heterocycles. The molecule has 0 unspecified atom stereocenters. The number of nitrogens with two attached hydrogens (primary N) is 1. The first kappa shape index (κ1) is 9.17. The van der Waals surface area contributed by atoms with Crippen molar-refractivity contribution in [1.29, 1.82) is 0 Å². The molecule has 3 heteroatoms. The molecule has 0 saturated carbocycles. The molecule has 3 N–H and O–H groups in total. The molecule has 0 radical (unpaired) electrons. The number of hydrogen-bond donors (Lipinski definition) is 2. The first-order chi connectivity index (χ1) is 4.77. The van der Waals surface area contributed by atoms with Crippen LogP contribution in [0.2, 0.25) is 0 Å². The van der Waals surface area contributed by atoms with Gasteiger partial charge in [0.2, 0.25) is 5.91 Å². The van der Waals surface area contributed by atoms with E-state index in [1.807, 2.05) is 19.1 Å². The van der Waals surface area contributed by atoms with Gasteiger partial charge in [-0.15, -0.1) is 0 Å². The average Bonchev–Trinajstić information content (AvgIpc) is 1.87. The molecule has 0 atom stereocenters. The van der Waals surface area contributed by atoms with Gasteiger partial charge in [0.15, 0.2) is 0 Å². The van der Waals surface area contributed by atoms with Crippen LogP contribution in [0.4, 0.5) is 0 Å². The van der Waals surface area contributed by atoms with Gasteiger partial charge in [-0.2, -0.15) is 0 Å². The van der Waals surface area contributed by atoms with Crippen LogP contribution in [0.3, 0.4) is 0 Å². The molecule has 0 rings (SSSR count). The minimum absolute atomic E-state index is 0.275. The Morgan fingerprint density at radius 2 is 2.40 bits per heavy atom. The van der Waals surface area contributed by atoms with Gasteiger partial charge in [0.05, 0.1) is 6.54 Å². The van der Waals surface area contributed by atoms with Crippen molar-refractivity contribution in [3.63, 3.8) is 0 Å². The summed E-state index contributed by atoms with van der Waals surface area (Å²) in [5.74, 6) is -0.305. The zero-order valence-corrected chi connectivity index (χ0v) is 6.26.